The number of rotatable bonds is 4. The summed E-state index contributed by atoms with van der Waals surface area (Å²) < 4.78 is 0. The predicted octanol–water partition coefficient (Wildman–Crippen LogP) is -1.03. The molecular formula is C9H15N3O. The molecule has 0 aliphatic carbocycles. The van der Waals surface area contributed by atoms with Crippen molar-refractivity contribution in [2.24, 2.45) is 11.5 Å². The van der Waals surface area contributed by atoms with Gasteiger partial charge in [-0.15, -0.1) is 6.42 Å². The van der Waals surface area contributed by atoms with Crippen molar-refractivity contribution in [2.45, 2.75) is 19.0 Å². The van der Waals surface area contributed by atoms with Crippen LogP contribution in [-0.2, 0) is 4.79 Å². The topological polar surface area (TPSA) is 81.1 Å². The van der Waals surface area contributed by atoms with Crippen LogP contribution in [0, 0.1) is 12.3 Å². The van der Waals surface area contributed by atoms with E-state index in [1.54, 1.807) is 19.1 Å². The Bertz CT molecular complexity index is 228. The molecule has 0 fully saturated rings. The Hall–Kier alpha value is -1.31. The molecule has 0 bridgehead atoms. The Kier molecular flexibility index (Phi) is 5.60. The quantitative estimate of drug-likeness (QED) is 0.383. The van der Waals surface area contributed by atoms with E-state index in [0.29, 0.717) is 6.54 Å². The second-order valence-corrected chi connectivity index (χ2v) is 2.61. The van der Waals surface area contributed by atoms with Gasteiger partial charge in [0.05, 0.1) is 6.04 Å². The van der Waals surface area contributed by atoms with Crippen LogP contribution in [0.1, 0.15) is 6.92 Å². The summed E-state index contributed by atoms with van der Waals surface area (Å²) in [7, 11) is 0. The summed E-state index contributed by atoms with van der Waals surface area (Å²) in [4.78, 5) is 11.1. The lowest BCUT2D eigenvalue weighted by Crippen LogP contribution is -2.42. The van der Waals surface area contributed by atoms with E-state index in [4.69, 9.17) is 17.9 Å². The lowest BCUT2D eigenvalue weighted by molar-refractivity contribution is -0.122. The first kappa shape index (κ1) is 11.7. The molecule has 72 valence electrons. The lowest BCUT2D eigenvalue weighted by atomic mass is 10.2. The normalized spacial score (nSPS) is 14.9. The molecule has 0 radical (unpaired) electrons. The zero-order chi connectivity index (χ0) is 10.3. The van der Waals surface area contributed by atoms with Gasteiger partial charge in [-0.1, -0.05) is 18.1 Å². The molecule has 0 aromatic carbocycles. The summed E-state index contributed by atoms with van der Waals surface area (Å²) in [5.74, 6) is 2.12. The van der Waals surface area contributed by atoms with E-state index in [-0.39, 0.29) is 5.91 Å². The molecule has 5 N–H and O–H groups in total. The molecule has 0 aromatic heterocycles. The SMILES string of the molecule is C#CC(C=CCN)NC(=O)C(C)N. The average Bonchev–Trinajstić information content (AvgIpc) is 2.11. The third kappa shape index (κ3) is 5.01. The summed E-state index contributed by atoms with van der Waals surface area (Å²) in [6.07, 6.45) is 8.50. The van der Waals surface area contributed by atoms with Crippen LogP contribution in [0.3, 0.4) is 0 Å². The summed E-state index contributed by atoms with van der Waals surface area (Å²) in [6, 6.07) is -0.982. The molecule has 4 heteroatoms. The van der Waals surface area contributed by atoms with E-state index in [1.807, 2.05) is 0 Å². The van der Waals surface area contributed by atoms with Gasteiger partial charge >= 0.3 is 0 Å². The fourth-order valence-corrected chi connectivity index (χ4v) is 0.645. The van der Waals surface area contributed by atoms with Crippen molar-refractivity contribution in [3.05, 3.63) is 12.2 Å². The maximum atomic E-state index is 11.1. The zero-order valence-electron chi connectivity index (χ0n) is 7.66. The number of hydrogen-bond acceptors (Lipinski definition) is 3. The smallest absolute Gasteiger partial charge is 0.237 e. The highest BCUT2D eigenvalue weighted by Crippen LogP contribution is 1.86. The summed E-state index contributed by atoms with van der Waals surface area (Å²) in [5.41, 5.74) is 10.6. The minimum Gasteiger partial charge on any atom is -0.338 e. The molecule has 0 aliphatic heterocycles. The van der Waals surface area contributed by atoms with Crippen LogP contribution in [0.15, 0.2) is 12.2 Å². The first-order chi connectivity index (χ1) is 6.11. The van der Waals surface area contributed by atoms with Crippen molar-refractivity contribution in [3.63, 3.8) is 0 Å². The van der Waals surface area contributed by atoms with E-state index in [2.05, 4.69) is 11.2 Å². The molecule has 2 atom stereocenters. The van der Waals surface area contributed by atoms with Gasteiger partial charge in [-0.2, -0.15) is 0 Å². The highest BCUT2D eigenvalue weighted by Gasteiger charge is 2.09. The van der Waals surface area contributed by atoms with Gasteiger partial charge in [0.15, 0.2) is 0 Å². The van der Waals surface area contributed by atoms with Crippen LogP contribution in [0.25, 0.3) is 0 Å². The number of amides is 1. The fraction of sp³-hybridized carbons (Fsp3) is 0.444. The van der Waals surface area contributed by atoms with Crippen molar-refractivity contribution in [2.75, 3.05) is 6.54 Å². The van der Waals surface area contributed by atoms with Gasteiger partial charge in [-0.3, -0.25) is 4.79 Å². The molecule has 0 aliphatic rings. The summed E-state index contributed by atoms with van der Waals surface area (Å²) >= 11 is 0. The number of nitrogens with two attached hydrogens (primary N) is 2. The third-order valence-corrected chi connectivity index (χ3v) is 1.36. The molecule has 0 aromatic rings. The van der Waals surface area contributed by atoms with E-state index in [9.17, 15) is 4.79 Å². The van der Waals surface area contributed by atoms with Gasteiger partial charge in [-0.25, -0.2) is 0 Å². The standard InChI is InChI=1S/C9H15N3O/c1-3-8(5-4-6-10)12-9(13)7(2)11/h1,4-5,7-8H,6,10-11H2,2H3,(H,12,13). The average molecular weight is 181 g/mol. The van der Waals surface area contributed by atoms with Gasteiger partial charge in [0, 0.05) is 6.54 Å². The second-order valence-electron chi connectivity index (χ2n) is 2.61. The molecule has 4 nitrogen and oxygen atoms in total. The number of carbonyl (C=O) groups is 1. The van der Waals surface area contributed by atoms with Crippen LogP contribution >= 0.6 is 0 Å². The molecule has 1 amide bonds. The van der Waals surface area contributed by atoms with Crippen molar-refractivity contribution < 1.29 is 4.79 Å². The van der Waals surface area contributed by atoms with Crippen molar-refractivity contribution in [3.8, 4) is 12.3 Å². The Balaban J connectivity index is 4.08. The monoisotopic (exact) mass is 181 g/mol. The minimum absolute atomic E-state index is 0.273. The van der Waals surface area contributed by atoms with Crippen LogP contribution in [0.4, 0.5) is 0 Å². The molecule has 0 spiro atoms. The van der Waals surface area contributed by atoms with Gasteiger partial charge in [0.25, 0.3) is 0 Å². The molecule has 0 heterocycles. The van der Waals surface area contributed by atoms with E-state index >= 15 is 0 Å². The Morgan fingerprint density at radius 1 is 1.77 bits per heavy atom. The van der Waals surface area contributed by atoms with Gasteiger partial charge in [0.2, 0.25) is 5.91 Å². The largest absolute Gasteiger partial charge is 0.338 e. The second kappa shape index (κ2) is 6.23. The molecule has 0 rings (SSSR count). The predicted molar refractivity (Wildman–Crippen MR) is 52.6 cm³/mol. The van der Waals surface area contributed by atoms with Crippen LogP contribution in [0.5, 0.6) is 0 Å². The van der Waals surface area contributed by atoms with Gasteiger partial charge < -0.3 is 16.8 Å². The number of terminal acetylenes is 1. The number of hydrogen-bond donors (Lipinski definition) is 3. The van der Waals surface area contributed by atoms with E-state index in [0.717, 1.165) is 0 Å². The molecule has 0 saturated carbocycles. The first-order valence-corrected chi connectivity index (χ1v) is 4.00. The maximum absolute atomic E-state index is 11.1. The van der Waals surface area contributed by atoms with E-state index < -0.39 is 12.1 Å². The summed E-state index contributed by atoms with van der Waals surface area (Å²) in [6.45, 7) is 1.99. The molecule has 2 unspecified atom stereocenters. The third-order valence-electron chi connectivity index (χ3n) is 1.36. The minimum atomic E-state index is -0.554. The Labute approximate surface area is 78.4 Å². The van der Waals surface area contributed by atoms with Crippen LogP contribution in [-0.4, -0.2) is 24.5 Å². The van der Waals surface area contributed by atoms with Gasteiger partial charge in [-0.05, 0) is 6.92 Å². The first-order valence-electron chi connectivity index (χ1n) is 4.00. The van der Waals surface area contributed by atoms with Crippen molar-refractivity contribution in [1.82, 2.24) is 5.32 Å². The van der Waals surface area contributed by atoms with Crippen molar-refractivity contribution in [1.29, 1.82) is 0 Å². The number of nitrogens with one attached hydrogen (secondary N) is 1. The highest BCUT2D eigenvalue weighted by molar-refractivity contribution is 5.81. The fourth-order valence-electron chi connectivity index (χ4n) is 0.645. The maximum Gasteiger partial charge on any atom is 0.237 e. The zero-order valence-corrected chi connectivity index (χ0v) is 7.66. The van der Waals surface area contributed by atoms with E-state index in [1.165, 1.54) is 0 Å². The molecular weight excluding hydrogens is 166 g/mol. The van der Waals surface area contributed by atoms with Crippen molar-refractivity contribution >= 4 is 5.91 Å². The van der Waals surface area contributed by atoms with Crippen LogP contribution in [0.2, 0.25) is 0 Å². The Morgan fingerprint density at radius 2 is 2.38 bits per heavy atom. The lowest BCUT2D eigenvalue weighted by Gasteiger charge is -2.10. The summed E-state index contributed by atoms with van der Waals surface area (Å²) in [5, 5.41) is 2.56. The molecule has 0 saturated heterocycles. The van der Waals surface area contributed by atoms with Crippen LogP contribution < -0.4 is 16.8 Å². The van der Waals surface area contributed by atoms with Gasteiger partial charge in [0.1, 0.15) is 6.04 Å². The molecule has 13 heavy (non-hydrogen) atoms. The number of carbonyl (C=O) groups excluding carboxylic acids is 1. The Morgan fingerprint density at radius 3 is 2.77 bits per heavy atom. The highest BCUT2D eigenvalue weighted by atomic mass is 16.2.